The van der Waals surface area contributed by atoms with Crippen LogP contribution in [0.5, 0.6) is 0 Å². The lowest BCUT2D eigenvalue weighted by Crippen LogP contribution is -2.56. The van der Waals surface area contributed by atoms with Crippen LogP contribution in [0.3, 0.4) is 0 Å². The third kappa shape index (κ3) is 4.40. The Hall–Kier alpha value is -0.610. The molecule has 7 atom stereocenters. The molecule has 0 heterocycles. The Bertz CT molecular complexity index is 629. The summed E-state index contributed by atoms with van der Waals surface area (Å²) in [5.41, 5.74) is 0.936. The maximum atomic E-state index is 11.6. The molecule has 0 radical (unpaired) electrons. The SMILES string of the molecule is CC.COC(=O)CCCC1CCC2C3CCC4CC(OC)(OC)CCC4(C)C3CCC12C. The number of fused-ring (bicyclic) bond motifs is 5. The first-order chi connectivity index (χ1) is 15.3. The number of hydrogen-bond acceptors (Lipinski definition) is 4. The van der Waals surface area contributed by atoms with Gasteiger partial charge in [-0.1, -0.05) is 27.7 Å². The Labute approximate surface area is 197 Å². The van der Waals surface area contributed by atoms with E-state index >= 15 is 0 Å². The second-order valence-electron chi connectivity index (χ2n) is 11.5. The summed E-state index contributed by atoms with van der Waals surface area (Å²) in [7, 11) is 5.15. The predicted molar refractivity (Wildman–Crippen MR) is 129 cm³/mol. The zero-order chi connectivity index (χ0) is 23.6. The minimum absolute atomic E-state index is 0.0508. The van der Waals surface area contributed by atoms with Crippen molar-refractivity contribution in [2.24, 2.45) is 40.4 Å². The number of carbonyl (C=O) groups is 1. The minimum atomic E-state index is -0.349. The van der Waals surface area contributed by atoms with Gasteiger partial charge < -0.3 is 14.2 Å². The second kappa shape index (κ2) is 10.3. The summed E-state index contributed by atoms with van der Waals surface area (Å²) in [5.74, 6) is 3.77. The Kier molecular flexibility index (Phi) is 8.40. The van der Waals surface area contributed by atoms with Crippen LogP contribution in [0, 0.1) is 40.4 Å². The lowest BCUT2D eigenvalue weighted by Gasteiger charge is -2.62. The van der Waals surface area contributed by atoms with Gasteiger partial charge in [0.1, 0.15) is 0 Å². The van der Waals surface area contributed by atoms with E-state index in [1.807, 2.05) is 28.1 Å². The summed E-state index contributed by atoms with van der Waals surface area (Å²) >= 11 is 0. The number of rotatable bonds is 6. The van der Waals surface area contributed by atoms with Crippen LogP contribution in [-0.4, -0.2) is 33.1 Å². The Balaban J connectivity index is 0.00000141. The summed E-state index contributed by atoms with van der Waals surface area (Å²) in [5, 5.41) is 0. The highest BCUT2D eigenvalue weighted by Crippen LogP contribution is 2.68. The van der Waals surface area contributed by atoms with Crippen LogP contribution in [0.25, 0.3) is 0 Å². The topological polar surface area (TPSA) is 44.8 Å². The smallest absolute Gasteiger partial charge is 0.305 e. The molecule has 0 saturated heterocycles. The van der Waals surface area contributed by atoms with Gasteiger partial charge in [0.05, 0.1) is 7.11 Å². The summed E-state index contributed by atoms with van der Waals surface area (Å²) in [6.07, 6.45) is 14.4. The van der Waals surface area contributed by atoms with Crippen LogP contribution in [0.1, 0.15) is 105 Å². The molecule has 4 saturated carbocycles. The highest BCUT2D eigenvalue weighted by molar-refractivity contribution is 5.68. The van der Waals surface area contributed by atoms with Crippen LogP contribution < -0.4 is 0 Å². The lowest BCUT2D eigenvalue weighted by molar-refractivity contribution is -0.261. The maximum Gasteiger partial charge on any atom is 0.305 e. The molecule has 32 heavy (non-hydrogen) atoms. The molecule has 0 aromatic carbocycles. The molecule has 4 aliphatic rings. The van der Waals surface area contributed by atoms with Crippen LogP contribution in [0.4, 0.5) is 0 Å². The highest BCUT2D eigenvalue weighted by atomic mass is 16.7. The van der Waals surface area contributed by atoms with Crippen molar-refractivity contribution < 1.29 is 19.0 Å². The van der Waals surface area contributed by atoms with Gasteiger partial charge in [0.15, 0.2) is 5.79 Å². The number of esters is 1. The molecular weight excluding hydrogens is 400 g/mol. The molecule has 0 amide bonds. The first-order valence-electron chi connectivity index (χ1n) is 13.5. The number of ether oxygens (including phenoxy) is 3. The van der Waals surface area contributed by atoms with E-state index in [1.165, 1.54) is 58.5 Å². The molecule has 0 N–H and O–H groups in total. The maximum absolute atomic E-state index is 11.6. The molecule has 0 aromatic rings. The largest absolute Gasteiger partial charge is 0.469 e. The second-order valence-corrected chi connectivity index (χ2v) is 11.5. The monoisotopic (exact) mass is 450 g/mol. The molecule has 0 aromatic heterocycles. The van der Waals surface area contributed by atoms with E-state index in [0.717, 1.165) is 48.9 Å². The van der Waals surface area contributed by atoms with E-state index in [2.05, 4.69) is 13.8 Å². The average Bonchev–Trinajstić information content (AvgIpc) is 3.16. The molecule has 7 unspecified atom stereocenters. The first kappa shape index (κ1) is 26.0. The predicted octanol–water partition coefficient (Wildman–Crippen LogP) is 7.00. The van der Waals surface area contributed by atoms with Crippen molar-refractivity contribution in [1.29, 1.82) is 0 Å². The van der Waals surface area contributed by atoms with E-state index in [4.69, 9.17) is 14.2 Å². The molecule has 186 valence electrons. The van der Waals surface area contributed by atoms with Crippen LogP contribution in [-0.2, 0) is 19.0 Å². The average molecular weight is 451 g/mol. The van der Waals surface area contributed by atoms with Gasteiger partial charge in [-0.3, -0.25) is 4.79 Å². The standard InChI is InChI=1S/C26H44O4.C2H6/c1-24-14-13-22-20(21(24)12-10-18(24)7-6-8-23(27)28-3)11-9-19-17-26(29-4,30-5)16-15-25(19,22)2;1-2/h18-22H,6-17H2,1-5H3;1-2H3. The van der Waals surface area contributed by atoms with Gasteiger partial charge in [0, 0.05) is 33.5 Å². The van der Waals surface area contributed by atoms with E-state index in [1.54, 1.807) is 0 Å². The highest BCUT2D eigenvalue weighted by Gasteiger charge is 2.61. The summed E-state index contributed by atoms with van der Waals surface area (Å²) in [4.78, 5) is 11.6. The van der Waals surface area contributed by atoms with E-state index < -0.39 is 0 Å². The van der Waals surface area contributed by atoms with Crippen molar-refractivity contribution in [3.05, 3.63) is 0 Å². The molecular formula is C28H50O4. The normalized spacial score (nSPS) is 42.0. The van der Waals surface area contributed by atoms with Gasteiger partial charge in [-0.25, -0.2) is 0 Å². The van der Waals surface area contributed by atoms with E-state index in [0.29, 0.717) is 17.3 Å². The fourth-order valence-electron chi connectivity index (χ4n) is 8.83. The summed E-state index contributed by atoms with van der Waals surface area (Å²) < 4.78 is 16.6. The van der Waals surface area contributed by atoms with Gasteiger partial charge in [0.25, 0.3) is 0 Å². The van der Waals surface area contributed by atoms with Crippen LogP contribution >= 0.6 is 0 Å². The molecule has 0 bridgehead atoms. The number of carbonyl (C=O) groups excluding carboxylic acids is 1. The van der Waals surface area contributed by atoms with E-state index in [-0.39, 0.29) is 11.8 Å². The number of hydrogen-bond donors (Lipinski definition) is 0. The van der Waals surface area contributed by atoms with Gasteiger partial charge in [-0.05, 0) is 98.2 Å². The minimum Gasteiger partial charge on any atom is -0.469 e. The van der Waals surface area contributed by atoms with Gasteiger partial charge in [-0.15, -0.1) is 0 Å². The van der Waals surface area contributed by atoms with Gasteiger partial charge in [0.2, 0.25) is 0 Å². The van der Waals surface area contributed by atoms with Crippen LogP contribution in [0.15, 0.2) is 0 Å². The molecule has 4 aliphatic carbocycles. The molecule has 4 rings (SSSR count). The van der Waals surface area contributed by atoms with Crippen molar-refractivity contribution in [1.82, 2.24) is 0 Å². The molecule has 4 heteroatoms. The molecule has 4 nitrogen and oxygen atoms in total. The Morgan fingerprint density at radius 2 is 1.53 bits per heavy atom. The summed E-state index contributed by atoms with van der Waals surface area (Å²) in [6.45, 7) is 9.20. The summed E-state index contributed by atoms with van der Waals surface area (Å²) in [6, 6.07) is 0. The van der Waals surface area contributed by atoms with Crippen molar-refractivity contribution in [3.8, 4) is 0 Å². The zero-order valence-corrected chi connectivity index (χ0v) is 22.0. The fraction of sp³-hybridized carbons (Fsp3) is 0.964. The quantitative estimate of drug-likeness (QED) is 0.323. The van der Waals surface area contributed by atoms with Crippen molar-refractivity contribution >= 4 is 5.97 Å². The molecule has 0 aliphatic heterocycles. The van der Waals surface area contributed by atoms with E-state index in [9.17, 15) is 4.79 Å². The molecule has 0 spiro atoms. The zero-order valence-electron chi connectivity index (χ0n) is 22.0. The fourth-order valence-corrected chi connectivity index (χ4v) is 8.83. The first-order valence-corrected chi connectivity index (χ1v) is 13.5. The van der Waals surface area contributed by atoms with Crippen molar-refractivity contribution in [3.63, 3.8) is 0 Å². The number of methoxy groups -OCH3 is 3. The van der Waals surface area contributed by atoms with Crippen LogP contribution in [0.2, 0.25) is 0 Å². The van der Waals surface area contributed by atoms with Crippen molar-refractivity contribution in [2.75, 3.05) is 21.3 Å². The van der Waals surface area contributed by atoms with Gasteiger partial charge in [-0.2, -0.15) is 0 Å². The van der Waals surface area contributed by atoms with Gasteiger partial charge >= 0.3 is 5.97 Å². The molecule has 4 fully saturated rings. The Morgan fingerprint density at radius 1 is 0.844 bits per heavy atom. The third-order valence-electron chi connectivity index (χ3n) is 10.8. The third-order valence-corrected chi connectivity index (χ3v) is 10.8. The Morgan fingerprint density at radius 3 is 2.19 bits per heavy atom. The lowest BCUT2D eigenvalue weighted by atomic mass is 9.44. The van der Waals surface area contributed by atoms with Crippen molar-refractivity contribution in [2.45, 2.75) is 111 Å².